The molecule has 1 aromatic heterocycles. The van der Waals surface area contributed by atoms with Crippen LogP contribution >= 0.6 is 11.3 Å². The average molecular weight is 414 g/mol. The number of benzene rings is 1. The van der Waals surface area contributed by atoms with Gasteiger partial charge < -0.3 is 19.3 Å². The molecule has 2 aliphatic rings. The minimum atomic E-state index is -0.881. The minimum Gasteiger partial charge on any atom is -0.488 e. The van der Waals surface area contributed by atoms with E-state index in [-0.39, 0.29) is 11.8 Å². The molecule has 1 aromatic carbocycles. The predicted molar refractivity (Wildman–Crippen MR) is 108 cm³/mol. The van der Waals surface area contributed by atoms with Gasteiger partial charge in [0.1, 0.15) is 17.2 Å². The third-order valence-electron chi connectivity index (χ3n) is 5.19. The highest BCUT2D eigenvalue weighted by molar-refractivity contribution is 7.17. The minimum absolute atomic E-state index is 0.00351. The van der Waals surface area contributed by atoms with Crippen LogP contribution in [0.4, 0.5) is 0 Å². The zero-order chi connectivity index (χ0) is 20.5. The lowest BCUT2D eigenvalue weighted by Gasteiger charge is -2.35. The first-order chi connectivity index (χ1) is 13.9. The summed E-state index contributed by atoms with van der Waals surface area (Å²) in [6, 6.07) is 9.49. The van der Waals surface area contributed by atoms with E-state index < -0.39 is 12.1 Å². The van der Waals surface area contributed by atoms with Crippen LogP contribution in [0.15, 0.2) is 30.3 Å². The van der Waals surface area contributed by atoms with Gasteiger partial charge in [-0.2, -0.15) is 0 Å². The van der Waals surface area contributed by atoms with Crippen LogP contribution in [0, 0.1) is 0 Å². The van der Waals surface area contributed by atoms with Gasteiger partial charge in [0.15, 0.2) is 6.10 Å². The Hall–Kier alpha value is -2.87. The Morgan fingerprint density at radius 3 is 2.52 bits per heavy atom. The maximum absolute atomic E-state index is 12.6. The standard InChI is InChI=1S/C21H22N2O5S/c1-13(20(25)23-9-7-22(8-10-23)14(2)24)28-21(26)18-11-15-12-27-17-6-4-3-5-16(17)19(15)29-18/h3-6,11,13H,7-10,12H2,1-2H3. The molecule has 0 aliphatic carbocycles. The molecule has 7 nitrogen and oxygen atoms in total. The van der Waals surface area contributed by atoms with Crippen LogP contribution in [0.3, 0.4) is 0 Å². The van der Waals surface area contributed by atoms with Gasteiger partial charge in [0, 0.05) is 49.1 Å². The monoisotopic (exact) mass is 414 g/mol. The number of rotatable bonds is 3. The summed E-state index contributed by atoms with van der Waals surface area (Å²) in [5.41, 5.74) is 1.91. The molecule has 152 valence electrons. The molecule has 1 unspecified atom stereocenters. The maximum atomic E-state index is 12.6. The Kier molecular flexibility index (Phi) is 5.27. The van der Waals surface area contributed by atoms with Crippen molar-refractivity contribution in [3.8, 4) is 16.2 Å². The molecule has 1 fully saturated rings. The fourth-order valence-electron chi connectivity index (χ4n) is 3.57. The van der Waals surface area contributed by atoms with E-state index in [1.807, 2.05) is 24.3 Å². The topological polar surface area (TPSA) is 76.2 Å². The Bertz CT molecular complexity index is 962. The summed E-state index contributed by atoms with van der Waals surface area (Å²) in [4.78, 5) is 41.5. The molecule has 29 heavy (non-hydrogen) atoms. The predicted octanol–water partition coefficient (Wildman–Crippen LogP) is 2.54. The van der Waals surface area contributed by atoms with Crippen LogP contribution in [0.5, 0.6) is 5.75 Å². The highest BCUT2D eigenvalue weighted by Gasteiger charge is 2.29. The first-order valence-corrected chi connectivity index (χ1v) is 10.4. The number of thiophene rings is 1. The largest absolute Gasteiger partial charge is 0.488 e. The highest BCUT2D eigenvalue weighted by atomic mass is 32.1. The number of carbonyl (C=O) groups is 3. The molecule has 0 spiro atoms. The molecule has 1 atom stereocenters. The van der Waals surface area contributed by atoms with E-state index in [4.69, 9.17) is 9.47 Å². The fraction of sp³-hybridized carbons (Fsp3) is 0.381. The van der Waals surface area contributed by atoms with Crippen LogP contribution in [0.1, 0.15) is 29.1 Å². The van der Waals surface area contributed by atoms with Crippen molar-refractivity contribution in [2.75, 3.05) is 26.2 Å². The number of piperazine rings is 1. The molecule has 1 saturated heterocycles. The van der Waals surface area contributed by atoms with E-state index in [0.717, 1.165) is 21.8 Å². The molecule has 0 radical (unpaired) electrons. The summed E-state index contributed by atoms with van der Waals surface area (Å²) in [7, 11) is 0. The Labute approximate surface area is 172 Å². The van der Waals surface area contributed by atoms with E-state index in [2.05, 4.69) is 0 Å². The van der Waals surface area contributed by atoms with Gasteiger partial charge >= 0.3 is 5.97 Å². The summed E-state index contributed by atoms with van der Waals surface area (Å²) in [5, 5.41) is 0. The third kappa shape index (κ3) is 3.85. The number of para-hydroxylation sites is 1. The van der Waals surface area contributed by atoms with Gasteiger partial charge in [-0.05, 0) is 25.1 Å². The fourth-order valence-corrected chi connectivity index (χ4v) is 4.65. The molecule has 2 aliphatic heterocycles. The number of esters is 1. The van der Waals surface area contributed by atoms with Crippen molar-refractivity contribution in [1.29, 1.82) is 0 Å². The molecule has 0 bridgehead atoms. The molecule has 2 amide bonds. The Morgan fingerprint density at radius 2 is 1.79 bits per heavy atom. The van der Waals surface area contributed by atoms with E-state index in [1.54, 1.807) is 22.8 Å². The Morgan fingerprint density at radius 1 is 1.10 bits per heavy atom. The van der Waals surface area contributed by atoms with Crippen LogP contribution in [-0.4, -0.2) is 59.9 Å². The molecule has 0 saturated carbocycles. The van der Waals surface area contributed by atoms with Gasteiger partial charge in [0.05, 0.1) is 0 Å². The van der Waals surface area contributed by atoms with E-state index in [9.17, 15) is 14.4 Å². The molecule has 2 aromatic rings. The van der Waals surface area contributed by atoms with Gasteiger partial charge in [-0.25, -0.2) is 4.79 Å². The van der Waals surface area contributed by atoms with E-state index in [0.29, 0.717) is 37.7 Å². The van der Waals surface area contributed by atoms with Crippen molar-refractivity contribution in [1.82, 2.24) is 9.80 Å². The third-order valence-corrected chi connectivity index (χ3v) is 6.38. The first-order valence-electron chi connectivity index (χ1n) is 9.54. The number of carbonyl (C=O) groups excluding carboxylic acids is 3. The molecular weight excluding hydrogens is 392 g/mol. The molecule has 0 N–H and O–H groups in total. The molecule has 4 rings (SSSR count). The van der Waals surface area contributed by atoms with Crippen LogP contribution < -0.4 is 4.74 Å². The Balaban J connectivity index is 1.41. The molecule has 8 heteroatoms. The summed E-state index contributed by atoms with van der Waals surface area (Å²) in [6.07, 6.45) is -0.881. The zero-order valence-corrected chi connectivity index (χ0v) is 17.2. The van der Waals surface area contributed by atoms with Gasteiger partial charge in [-0.1, -0.05) is 12.1 Å². The summed E-state index contributed by atoms with van der Waals surface area (Å²) in [5.74, 6) is 0.0560. The average Bonchev–Trinajstić information content (AvgIpc) is 3.18. The summed E-state index contributed by atoms with van der Waals surface area (Å²) in [6.45, 7) is 5.40. The van der Waals surface area contributed by atoms with Gasteiger partial charge in [0.2, 0.25) is 5.91 Å². The zero-order valence-electron chi connectivity index (χ0n) is 16.3. The van der Waals surface area contributed by atoms with Crippen molar-refractivity contribution in [2.45, 2.75) is 26.6 Å². The number of fused-ring (bicyclic) bond motifs is 3. The number of amides is 2. The van der Waals surface area contributed by atoms with E-state index >= 15 is 0 Å². The van der Waals surface area contributed by atoms with Crippen LogP contribution in [-0.2, 0) is 20.9 Å². The van der Waals surface area contributed by atoms with Crippen molar-refractivity contribution >= 4 is 29.1 Å². The first kappa shape index (κ1) is 19.4. The van der Waals surface area contributed by atoms with Gasteiger partial charge in [-0.3, -0.25) is 9.59 Å². The quantitative estimate of drug-likeness (QED) is 0.722. The SMILES string of the molecule is CC(=O)N1CCN(C(=O)C(C)OC(=O)c2cc3c(s2)-c2ccccc2OC3)CC1. The number of hydrogen-bond donors (Lipinski definition) is 0. The van der Waals surface area contributed by atoms with E-state index in [1.165, 1.54) is 18.3 Å². The second kappa shape index (κ2) is 7.87. The second-order valence-corrected chi connectivity index (χ2v) is 8.18. The molecular formula is C21H22N2O5S. The van der Waals surface area contributed by atoms with Crippen molar-refractivity contribution in [3.63, 3.8) is 0 Å². The maximum Gasteiger partial charge on any atom is 0.349 e. The van der Waals surface area contributed by atoms with Gasteiger partial charge in [-0.15, -0.1) is 11.3 Å². The molecule has 3 heterocycles. The van der Waals surface area contributed by atoms with Crippen LogP contribution in [0.25, 0.3) is 10.4 Å². The lowest BCUT2D eigenvalue weighted by atomic mass is 10.1. The smallest absolute Gasteiger partial charge is 0.349 e. The normalized spacial score (nSPS) is 16.3. The van der Waals surface area contributed by atoms with Crippen LogP contribution in [0.2, 0.25) is 0 Å². The lowest BCUT2D eigenvalue weighted by molar-refractivity contribution is -0.144. The van der Waals surface area contributed by atoms with Crippen molar-refractivity contribution < 1.29 is 23.9 Å². The lowest BCUT2D eigenvalue weighted by Crippen LogP contribution is -2.52. The number of ether oxygens (including phenoxy) is 2. The van der Waals surface area contributed by atoms with Gasteiger partial charge in [0.25, 0.3) is 5.91 Å². The highest BCUT2D eigenvalue weighted by Crippen LogP contribution is 2.42. The van der Waals surface area contributed by atoms with Crippen molar-refractivity contribution in [2.24, 2.45) is 0 Å². The summed E-state index contributed by atoms with van der Waals surface area (Å²) >= 11 is 1.36. The number of hydrogen-bond acceptors (Lipinski definition) is 6. The summed E-state index contributed by atoms with van der Waals surface area (Å²) < 4.78 is 11.2. The number of nitrogens with zero attached hydrogens (tertiary/aromatic N) is 2. The van der Waals surface area contributed by atoms with Crippen molar-refractivity contribution in [3.05, 3.63) is 40.8 Å². The second-order valence-electron chi connectivity index (χ2n) is 7.13.